The van der Waals surface area contributed by atoms with E-state index in [1.807, 2.05) is 61.5 Å². The van der Waals surface area contributed by atoms with Crippen molar-refractivity contribution >= 4 is 29.1 Å². The minimum absolute atomic E-state index is 0.112. The molecule has 36 heavy (non-hydrogen) atoms. The van der Waals surface area contributed by atoms with Crippen LogP contribution in [0.2, 0.25) is 0 Å². The van der Waals surface area contributed by atoms with Gasteiger partial charge in [-0.15, -0.1) is 0 Å². The van der Waals surface area contributed by atoms with Gasteiger partial charge in [-0.3, -0.25) is 25.2 Å². The summed E-state index contributed by atoms with van der Waals surface area (Å²) in [6.07, 6.45) is -0.0462. The molecule has 3 aromatic carbocycles. The van der Waals surface area contributed by atoms with Crippen LogP contribution in [0.1, 0.15) is 30.9 Å². The predicted octanol–water partition coefficient (Wildman–Crippen LogP) is 4.89. The topological polar surface area (TPSA) is 114 Å². The number of carbonyl (C=O) groups excluding carboxylic acids is 2. The van der Waals surface area contributed by atoms with Crippen molar-refractivity contribution in [1.82, 2.24) is 5.32 Å². The van der Waals surface area contributed by atoms with Crippen molar-refractivity contribution in [3.63, 3.8) is 0 Å². The lowest BCUT2D eigenvalue weighted by atomic mass is 10.00. The molecule has 0 radical (unpaired) electrons. The molecular formula is C27H26N4O5. The number of fused-ring (bicyclic) bond motifs is 1. The summed E-state index contributed by atoms with van der Waals surface area (Å²) in [5.74, 6) is -0.249. The largest absolute Gasteiger partial charge is 0.414 e. The minimum atomic E-state index is -1.18. The van der Waals surface area contributed by atoms with Crippen LogP contribution in [0.3, 0.4) is 0 Å². The highest BCUT2D eigenvalue weighted by atomic mass is 16.6. The van der Waals surface area contributed by atoms with Gasteiger partial charge in [0, 0.05) is 30.0 Å². The van der Waals surface area contributed by atoms with Crippen LogP contribution in [-0.4, -0.2) is 35.3 Å². The first-order valence-electron chi connectivity index (χ1n) is 11.7. The van der Waals surface area contributed by atoms with E-state index >= 15 is 0 Å². The van der Waals surface area contributed by atoms with E-state index in [4.69, 9.17) is 4.74 Å². The minimum Gasteiger partial charge on any atom is -0.410 e. The average molecular weight is 487 g/mol. The zero-order chi connectivity index (χ0) is 25.5. The predicted molar refractivity (Wildman–Crippen MR) is 136 cm³/mol. The van der Waals surface area contributed by atoms with E-state index in [1.165, 1.54) is 24.3 Å². The molecule has 4 rings (SSSR count). The van der Waals surface area contributed by atoms with Gasteiger partial charge in [0.2, 0.25) is 6.17 Å². The molecule has 0 spiro atoms. The number of aliphatic imine (C=N–C) groups is 1. The van der Waals surface area contributed by atoms with E-state index in [-0.39, 0.29) is 17.3 Å². The number of rotatable bonds is 8. The smallest absolute Gasteiger partial charge is 0.410 e. The maximum absolute atomic E-state index is 13.5. The fraction of sp³-hybridized carbons (Fsp3) is 0.222. The van der Waals surface area contributed by atoms with Crippen LogP contribution in [0.25, 0.3) is 0 Å². The standard InChI is InChI=1S/C27H26N4O5/c1-2-18-30-24-11-7-6-10-22(24)23(17-12-19-8-4-3-5-9-19)28-25(26(30)32)29-27(33)36-21-15-13-20(14-16-21)31(34)35/h3-11,13-16,25H,2,12,17-18H2,1H3,(H,29,33). The summed E-state index contributed by atoms with van der Waals surface area (Å²) in [7, 11) is 0. The Morgan fingerprint density at radius 2 is 1.72 bits per heavy atom. The number of nitrogens with zero attached hydrogens (tertiary/aromatic N) is 3. The van der Waals surface area contributed by atoms with Crippen molar-refractivity contribution in [2.45, 2.75) is 32.4 Å². The Morgan fingerprint density at radius 3 is 2.42 bits per heavy atom. The van der Waals surface area contributed by atoms with Crippen molar-refractivity contribution in [2.24, 2.45) is 4.99 Å². The second-order valence-corrected chi connectivity index (χ2v) is 8.26. The molecule has 0 aromatic heterocycles. The number of amides is 2. The van der Waals surface area contributed by atoms with Gasteiger partial charge in [-0.2, -0.15) is 0 Å². The van der Waals surface area contributed by atoms with Gasteiger partial charge in [0.05, 0.1) is 10.6 Å². The number of ether oxygens (including phenoxy) is 1. The van der Waals surface area contributed by atoms with E-state index in [9.17, 15) is 19.7 Å². The van der Waals surface area contributed by atoms with Crippen molar-refractivity contribution < 1.29 is 19.2 Å². The zero-order valence-electron chi connectivity index (χ0n) is 19.8. The summed E-state index contributed by atoms with van der Waals surface area (Å²) in [4.78, 5) is 42.8. The van der Waals surface area contributed by atoms with E-state index in [1.54, 1.807) is 4.90 Å². The molecular weight excluding hydrogens is 460 g/mol. The average Bonchev–Trinajstić information content (AvgIpc) is 2.99. The van der Waals surface area contributed by atoms with E-state index < -0.39 is 17.2 Å². The molecule has 0 saturated carbocycles. The quantitative estimate of drug-likeness (QED) is 0.360. The number of nitro benzene ring substituents is 1. The maximum Gasteiger partial charge on any atom is 0.414 e. The Bertz CT molecular complexity index is 1270. The van der Waals surface area contributed by atoms with Gasteiger partial charge in [-0.05, 0) is 43.0 Å². The second kappa shape index (κ2) is 11.3. The Hall–Kier alpha value is -4.53. The van der Waals surface area contributed by atoms with E-state index in [0.717, 1.165) is 29.7 Å². The third-order valence-electron chi connectivity index (χ3n) is 5.74. The number of para-hydroxylation sites is 1. The number of benzodiazepines with no additional fused rings is 1. The molecule has 1 N–H and O–H groups in total. The monoisotopic (exact) mass is 486 g/mol. The molecule has 9 heteroatoms. The van der Waals surface area contributed by atoms with Crippen LogP contribution in [0.4, 0.5) is 16.2 Å². The highest BCUT2D eigenvalue weighted by Gasteiger charge is 2.32. The molecule has 0 bridgehead atoms. The summed E-state index contributed by atoms with van der Waals surface area (Å²) in [5, 5.41) is 13.4. The number of benzene rings is 3. The van der Waals surface area contributed by atoms with Crippen molar-refractivity contribution in [1.29, 1.82) is 0 Å². The lowest BCUT2D eigenvalue weighted by molar-refractivity contribution is -0.384. The molecule has 184 valence electrons. The van der Waals surface area contributed by atoms with Crippen LogP contribution >= 0.6 is 0 Å². The number of aryl methyl sites for hydroxylation is 1. The lowest BCUT2D eigenvalue weighted by Crippen LogP contribution is -2.48. The third-order valence-corrected chi connectivity index (χ3v) is 5.74. The highest BCUT2D eigenvalue weighted by molar-refractivity contribution is 6.13. The van der Waals surface area contributed by atoms with Crippen molar-refractivity contribution in [2.75, 3.05) is 11.4 Å². The molecule has 1 heterocycles. The van der Waals surface area contributed by atoms with E-state index in [0.29, 0.717) is 18.7 Å². The molecule has 1 atom stereocenters. The zero-order valence-corrected chi connectivity index (χ0v) is 19.8. The fourth-order valence-electron chi connectivity index (χ4n) is 4.04. The first-order chi connectivity index (χ1) is 17.5. The molecule has 1 unspecified atom stereocenters. The fourth-order valence-corrected chi connectivity index (χ4v) is 4.04. The summed E-state index contributed by atoms with van der Waals surface area (Å²) < 4.78 is 5.27. The summed E-state index contributed by atoms with van der Waals surface area (Å²) in [6, 6.07) is 22.7. The molecule has 0 fully saturated rings. The third kappa shape index (κ3) is 5.75. The number of nitrogens with one attached hydrogen (secondary N) is 1. The van der Waals surface area contributed by atoms with Gasteiger partial charge in [0.25, 0.3) is 11.6 Å². The first kappa shape index (κ1) is 24.6. The van der Waals surface area contributed by atoms with E-state index in [2.05, 4.69) is 10.3 Å². The summed E-state index contributed by atoms with van der Waals surface area (Å²) >= 11 is 0. The molecule has 1 aliphatic rings. The molecule has 0 saturated heterocycles. The van der Waals surface area contributed by atoms with Gasteiger partial charge < -0.3 is 9.64 Å². The Kier molecular flexibility index (Phi) is 7.69. The molecule has 9 nitrogen and oxygen atoms in total. The lowest BCUT2D eigenvalue weighted by Gasteiger charge is -2.24. The van der Waals surface area contributed by atoms with Gasteiger partial charge >= 0.3 is 6.09 Å². The summed E-state index contributed by atoms with van der Waals surface area (Å²) in [6.45, 7) is 2.44. The first-order valence-corrected chi connectivity index (χ1v) is 11.7. The number of carbonyl (C=O) groups is 2. The molecule has 3 aromatic rings. The van der Waals surface area contributed by atoms with Crippen LogP contribution in [0.5, 0.6) is 5.75 Å². The number of non-ortho nitro benzene ring substituents is 1. The maximum atomic E-state index is 13.5. The van der Waals surface area contributed by atoms with Crippen LogP contribution in [-0.2, 0) is 11.2 Å². The Labute approximate surface area is 208 Å². The second-order valence-electron chi connectivity index (χ2n) is 8.26. The van der Waals surface area contributed by atoms with Gasteiger partial charge in [-0.25, -0.2) is 4.79 Å². The van der Waals surface area contributed by atoms with Gasteiger partial charge in [0.15, 0.2) is 0 Å². The molecule has 1 aliphatic heterocycles. The SMILES string of the molecule is CCCN1C(=O)C(NC(=O)Oc2ccc([N+](=O)[O-])cc2)N=C(CCc2ccccc2)c2ccccc21. The molecule has 2 amide bonds. The van der Waals surface area contributed by atoms with Crippen molar-refractivity contribution in [3.8, 4) is 5.75 Å². The van der Waals surface area contributed by atoms with Gasteiger partial charge in [0.1, 0.15) is 5.75 Å². The van der Waals surface area contributed by atoms with Gasteiger partial charge in [-0.1, -0.05) is 55.5 Å². The Balaban J connectivity index is 1.60. The Morgan fingerprint density at radius 1 is 1.03 bits per heavy atom. The normalized spacial score (nSPS) is 14.9. The number of nitro groups is 1. The number of hydrogen-bond donors (Lipinski definition) is 1. The molecule has 0 aliphatic carbocycles. The van der Waals surface area contributed by atoms with Crippen LogP contribution in [0, 0.1) is 10.1 Å². The highest BCUT2D eigenvalue weighted by Crippen LogP contribution is 2.28. The number of hydrogen-bond acceptors (Lipinski definition) is 6. The summed E-state index contributed by atoms with van der Waals surface area (Å²) in [5.41, 5.74) is 3.33. The van der Waals surface area contributed by atoms with Crippen LogP contribution in [0.15, 0.2) is 83.9 Å². The number of anilines is 1. The van der Waals surface area contributed by atoms with Crippen LogP contribution < -0.4 is 15.0 Å². The van der Waals surface area contributed by atoms with Crippen molar-refractivity contribution in [3.05, 3.63) is 100 Å².